The predicted molar refractivity (Wildman–Crippen MR) is 86.4 cm³/mol. The fraction of sp³-hybridized carbons (Fsp3) is 0.471. The molecule has 2 aromatic heterocycles. The monoisotopic (exact) mass is 315 g/mol. The second-order valence-electron chi connectivity index (χ2n) is 6.07. The molecule has 6 heteroatoms. The van der Waals surface area contributed by atoms with E-state index >= 15 is 0 Å². The Morgan fingerprint density at radius 2 is 2.13 bits per heavy atom. The van der Waals surface area contributed by atoms with E-state index in [1.165, 1.54) is 10.6 Å². The minimum atomic E-state index is -0.411. The maximum Gasteiger partial charge on any atom is 0.270 e. The molecule has 1 fully saturated rings. The molecule has 2 unspecified atom stereocenters. The number of fused-ring (bicyclic) bond motifs is 1. The first-order valence-electron chi connectivity index (χ1n) is 8.09. The maximum absolute atomic E-state index is 12.5. The topological polar surface area (TPSA) is 83.7 Å². The molecule has 0 spiro atoms. The summed E-state index contributed by atoms with van der Waals surface area (Å²) >= 11 is 0. The second kappa shape index (κ2) is 6.91. The summed E-state index contributed by atoms with van der Waals surface area (Å²) in [6, 6.07) is 5.14. The third kappa shape index (κ3) is 3.27. The van der Waals surface area contributed by atoms with Gasteiger partial charge in [-0.25, -0.2) is 4.98 Å². The molecule has 2 N–H and O–H groups in total. The van der Waals surface area contributed by atoms with Gasteiger partial charge in [0.1, 0.15) is 11.2 Å². The Morgan fingerprint density at radius 3 is 2.96 bits per heavy atom. The number of aliphatic hydroxyl groups is 1. The number of amides is 1. The third-order valence-corrected chi connectivity index (χ3v) is 4.57. The molecule has 23 heavy (non-hydrogen) atoms. The summed E-state index contributed by atoms with van der Waals surface area (Å²) in [5.74, 6) is -0.358. The van der Waals surface area contributed by atoms with Gasteiger partial charge >= 0.3 is 0 Å². The van der Waals surface area contributed by atoms with E-state index < -0.39 is 5.91 Å². The summed E-state index contributed by atoms with van der Waals surface area (Å²) in [5.41, 5.74) is 0.175. The molecule has 1 aliphatic rings. The highest BCUT2D eigenvalue weighted by molar-refractivity contribution is 5.93. The number of carbonyl (C=O) groups is 1. The van der Waals surface area contributed by atoms with Crippen molar-refractivity contribution in [3.63, 3.8) is 0 Å². The van der Waals surface area contributed by atoms with Gasteiger partial charge in [0.2, 0.25) is 0 Å². The van der Waals surface area contributed by atoms with Crippen molar-refractivity contribution in [1.82, 2.24) is 14.7 Å². The van der Waals surface area contributed by atoms with E-state index in [-0.39, 0.29) is 29.7 Å². The molecule has 122 valence electrons. The van der Waals surface area contributed by atoms with E-state index in [0.29, 0.717) is 5.65 Å². The van der Waals surface area contributed by atoms with Gasteiger partial charge < -0.3 is 10.4 Å². The zero-order valence-electron chi connectivity index (χ0n) is 12.9. The molecular weight excluding hydrogens is 294 g/mol. The molecule has 0 aromatic carbocycles. The quantitative estimate of drug-likeness (QED) is 0.838. The van der Waals surface area contributed by atoms with Crippen LogP contribution < -0.4 is 10.9 Å². The summed E-state index contributed by atoms with van der Waals surface area (Å²) < 4.78 is 1.37. The fourth-order valence-electron chi connectivity index (χ4n) is 3.22. The van der Waals surface area contributed by atoms with E-state index in [4.69, 9.17) is 0 Å². The van der Waals surface area contributed by atoms with E-state index in [9.17, 15) is 14.7 Å². The zero-order valence-corrected chi connectivity index (χ0v) is 12.9. The molecule has 2 aromatic rings. The van der Waals surface area contributed by atoms with E-state index in [1.807, 2.05) is 0 Å². The number of nitrogens with zero attached hydrogens (tertiary/aromatic N) is 2. The van der Waals surface area contributed by atoms with E-state index in [0.717, 1.165) is 32.1 Å². The number of hydrogen-bond acceptors (Lipinski definition) is 4. The number of pyridine rings is 1. The Labute approximate surface area is 134 Å². The summed E-state index contributed by atoms with van der Waals surface area (Å²) in [7, 11) is 0. The summed E-state index contributed by atoms with van der Waals surface area (Å²) in [5, 5.41) is 12.5. The van der Waals surface area contributed by atoms with Crippen LogP contribution in [0, 0.1) is 5.92 Å². The highest BCUT2D eigenvalue weighted by Crippen LogP contribution is 2.23. The Morgan fingerprint density at radius 1 is 1.30 bits per heavy atom. The highest BCUT2D eigenvalue weighted by Gasteiger charge is 2.26. The smallest absolute Gasteiger partial charge is 0.270 e. The molecule has 0 radical (unpaired) electrons. The molecule has 0 aliphatic heterocycles. The maximum atomic E-state index is 12.5. The van der Waals surface area contributed by atoms with Crippen molar-refractivity contribution in [3.05, 3.63) is 46.5 Å². The SMILES string of the molecule is O=C(NC1CCCCCC1CO)c1cnc2ccccn2c1=O. The average molecular weight is 315 g/mol. The van der Waals surface area contributed by atoms with Gasteiger partial charge in [-0.3, -0.25) is 14.0 Å². The minimum Gasteiger partial charge on any atom is -0.396 e. The van der Waals surface area contributed by atoms with Crippen LogP contribution in [0.2, 0.25) is 0 Å². The van der Waals surface area contributed by atoms with Crippen molar-refractivity contribution in [1.29, 1.82) is 0 Å². The summed E-state index contributed by atoms with van der Waals surface area (Å²) in [4.78, 5) is 29.1. The number of aliphatic hydroxyl groups excluding tert-OH is 1. The Hall–Kier alpha value is -2.21. The lowest BCUT2D eigenvalue weighted by Crippen LogP contribution is -2.43. The van der Waals surface area contributed by atoms with Crippen molar-refractivity contribution in [2.45, 2.75) is 38.1 Å². The number of hydrogen-bond donors (Lipinski definition) is 2. The number of carbonyl (C=O) groups excluding carboxylic acids is 1. The normalized spacial score (nSPS) is 21.8. The largest absolute Gasteiger partial charge is 0.396 e. The molecule has 0 bridgehead atoms. The van der Waals surface area contributed by atoms with Gasteiger partial charge in [-0.2, -0.15) is 0 Å². The van der Waals surface area contributed by atoms with Crippen molar-refractivity contribution >= 4 is 11.6 Å². The lowest BCUT2D eigenvalue weighted by atomic mass is 9.95. The van der Waals surface area contributed by atoms with Gasteiger partial charge in [0.15, 0.2) is 0 Å². The Kier molecular flexibility index (Phi) is 4.71. The Bertz CT molecular complexity index is 756. The van der Waals surface area contributed by atoms with E-state index in [2.05, 4.69) is 10.3 Å². The summed E-state index contributed by atoms with van der Waals surface area (Å²) in [6.45, 7) is 0.0555. The lowest BCUT2D eigenvalue weighted by Gasteiger charge is -2.24. The van der Waals surface area contributed by atoms with Gasteiger partial charge in [0.25, 0.3) is 11.5 Å². The predicted octanol–water partition coefficient (Wildman–Crippen LogP) is 1.37. The number of aromatic nitrogens is 2. The molecule has 3 rings (SSSR count). The third-order valence-electron chi connectivity index (χ3n) is 4.57. The van der Waals surface area contributed by atoms with Crippen LogP contribution in [0.1, 0.15) is 42.5 Å². The van der Waals surface area contributed by atoms with Gasteiger partial charge in [0, 0.05) is 31.0 Å². The first-order valence-corrected chi connectivity index (χ1v) is 8.09. The highest BCUT2D eigenvalue weighted by atomic mass is 16.3. The van der Waals surface area contributed by atoms with Gasteiger partial charge in [-0.15, -0.1) is 0 Å². The van der Waals surface area contributed by atoms with Crippen molar-refractivity contribution in [2.24, 2.45) is 5.92 Å². The van der Waals surface area contributed by atoms with E-state index in [1.54, 1.807) is 24.4 Å². The van der Waals surface area contributed by atoms with Crippen LogP contribution >= 0.6 is 0 Å². The van der Waals surface area contributed by atoms with Crippen molar-refractivity contribution in [2.75, 3.05) is 6.61 Å². The number of nitrogens with one attached hydrogen (secondary N) is 1. The average Bonchev–Trinajstić information content (AvgIpc) is 2.80. The molecule has 2 heterocycles. The van der Waals surface area contributed by atoms with Crippen LogP contribution in [-0.2, 0) is 0 Å². The van der Waals surface area contributed by atoms with Crippen LogP contribution in [0.4, 0.5) is 0 Å². The van der Waals surface area contributed by atoms with Crippen LogP contribution in [0.5, 0.6) is 0 Å². The minimum absolute atomic E-state index is 0.0367. The van der Waals surface area contributed by atoms with Gasteiger partial charge in [-0.05, 0) is 25.0 Å². The molecule has 1 aliphatic carbocycles. The molecule has 6 nitrogen and oxygen atoms in total. The van der Waals surface area contributed by atoms with Gasteiger partial charge in [0.05, 0.1) is 0 Å². The fourth-order valence-corrected chi connectivity index (χ4v) is 3.22. The molecule has 1 saturated carbocycles. The van der Waals surface area contributed by atoms with Gasteiger partial charge in [-0.1, -0.05) is 25.3 Å². The van der Waals surface area contributed by atoms with Crippen LogP contribution in [0.15, 0.2) is 35.4 Å². The number of rotatable bonds is 3. The molecule has 1 amide bonds. The van der Waals surface area contributed by atoms with Crippen LogP contribution in [-0.4, -0.2) is 33.0 Å². The standard InChI is InChI=1S/C17H21N3O3/c21-11-12-6-2-1-3-7-14(12)19-16(22)13-10-18-15-8-4-5-9-20(15)17(13)23/h4-5,8-10,12,14,21H,1-3,6-7,11H2,(H,19,22). The molecular formula is C17H21N3O3. The van der Waals surface area contributed by atoms with Crippen LogP contribution in [0.25, 0.3) is 5.65 Å². The second-order valence-corrected chi connectivity index (χ2v) is 6.07. The zero-order chi connectivity index (χ0) is 16.2. The van der Waals surface area contributed by atoms with Crippen molar-refractivity contribution in [3.8, 4) is 0 Å². The van der Waals surface area contributed by atoms with Crippen molar-refractivity contribution < 1.29 is 9.90 Å². The first-order chi connectivity index (χ1) is 11.2. The lowest BCUT2D eigenvalue weighted by molar-refractivity contribution is 0.0897. The molecule has 0 saturated heterocycles. The van der Waals surface area contributed by atoms with Crippen LogP contribution in [0.3, 0.4) is 0 Å². The summed E-state index contributed by atoms with van der Waals surface area (Å²) in [6.07, 6.45) is 7.87. The molecule has 2 atom stereocenters. The Balaban J connectivity index is 1.85. The first kappa shape index (κ1) is 15.7.